The van der Waals surface area contributed by atoms with Gasteiger partial charge in [-0.2, -0.15) is 0 Å². The van der Waals surface area contributed by atoms with E-state index in [1.165, 1.54) is 11.8 Å². The number of anilines is 2. The van der Waals surface area contributed by atoms with Crippen LogP contribution in [0.2, 0.25) is 0 Å². The van der Waals surface area contributed by atoms with Gasteiger partial charge in [-0.3, -0.25) is 9.59 Å². The molecule has 0 saturated heterocycles. The summed E-state index contributed by atoms with van der Waals surface area (Å²) in [6, 6.07) is 14.7. The number of aromatic nitrogens is 3. The van der Waals surface area contributed by atoms with Crippen molar-refractivity contribution in [3.8, 4) is 5.75 Å². The third-order valence-corrected chi connectivity index (χ3v) is 5.27. The van der Waals surface area contributed by atoms with Crippen molar-refractivity contribution in [2.75, 3.05) is 23.5 Å². The molecule has 1 heterocycles. The molecular weight excluding hydrogens is 402 g/mol. The summed E-state index contributed by atoms with van der Waals surface area (Å²) in [5.74, 6) is 1.09. The molecule has 0 aliphatic carbocycles. The third-order valence-electron chi connectivity index (χ3n) is 4.25. The van der Waals surface area contributed by atoms with Crippen LogP contribution < -0.4 is 15.4 Å². The SMILES string of the molecule is COc1ccc(NC(=O)Cc2nnc(SCC(=O)Nc3cccc(C)c3)n2C)cc1. The fraction of sp³-hybridized carbons (Fsp3) is 0.238. The van der Waals surface area contributed by atoms with Gasteiger partial charge in [0.25, 0.3) is 0 Å². The normalized spacial score (nSPS) is 10.5. The number of methoxy groups -OCH3 is 1. The molecular formula is C21H23N5O3S. The zero-order valence-electron chi connectivity index (χ0n) is 17.0. The molecule has 0 radical (unpaired) electrons. The molecule has 2 aromatic carbocycles. The molecule has 0 atom stereocenters. The average Bonchev–Trinajstić information content (AvgIpc) is 3.06. The van der Waals surface area contributed by atoms with E-state index < -0.39 is 0 Å². The highest BCUT2D eigenvalue weighted by Gasteiger charge is 2.15. The quantitative estimate of drug-likeness (QED) is 0.539. The van der Waals surface area contributed by atoms with Crippen LogP contribution in [0.5, 0.6) is 5.75 Å². The number of carbonyl (C=O) groups is 2. The molecule has 8 nitrogen and oxygen atoms in total. The Kier molecular flexibility index (Phi) is 7.08. The lowest BCUT2D eigenvalue weighted by atomic mass is 10.2. The van der Waals surface area contributed by atoms with Gasteiger partial charge in [0.05, 0.1) is 19.3 Å². The van der Waals surface area contributed by atoms with Gasteiger partial charge in [-0.25, -0.2) is 0 Å². The Labute approximate surface area is 179 Å². The number of nitrogens with one attached hydrogen (secondary N) is 2. The lowest BCUT2D eigenvalue weighted by Crippen LogP contribution is -2.17. The molecule has 1 aromatic heterocycles. The Morgan fingerprint density at radius 3 is 2.47 bits per heavy atom. The summed E-state index contributed by atoms with van der Waals surface area (Å²) < 4.78 is 6.82. The summed E-state index contributed by atoms with van der Waals surface area (Å²) >= 11 is 1.27. The van der Waals surface area contributed by atoms with E-state index in [1.54, 1.807) is 43.0 Å². The van der Waals surface area contributed by atoms with Gasteiger partial charge in [-0.1, -0.05) is 23.9 Å². The molecule has 0 bridgehead atoms. The Morgan fingerprint density at radius 1 is 1.03 bits per heavy atom. The lowest BCUT2D eigenvalue weighted by molar-refractivity contribution is -0.116. The topological polar surface area (TPSA) is 98.1 Å². The second-order valence-corrected chi connectivity index (χ2v) is 7.56. The Balaban J connectivity index is 1.52. The van der Waals surface area contributed by atoms with E-state index in [9.17, 15) is 9.59 Å². The van der Waals surface area contributed by atoms with Crippen molar-refractivity contribution in [3.63, 3.8) is 0 Å². The highest BCUT2D eigenvalue weighted by Crippen LogP contribution is 2.18. The zero-order chi connectivity index (χ0) is 21.5. The zero-order valence-corrected chi connectivity index (χ0v) is 17.8. The number of benzene rings is 2. The van der Waals surface area contributed by atoms with Gasteiger partial charge in [-0.05, 0) is 48.9 Å². The molecule has 9 heteroatoms. The number of ether oxygens (including phenoxy) is 1. The standard InChI is InChI=1S/C21H23N5O3S/c1-14-5-4-6-16(11-14)23-20(28)13-30-21-25-24-18(26(21)2)12-19(27)22-15-7-9-17(29-3)10-8-15/h4-11H,12-13H2,1-3H3,(H,22,27)(H,23,28). The first-order valence-electron chi connectivity index (χ1n) is 9.26. The summed E-state index contributed by atoms with van der Waals surface area (Å²) in [4.78, 5) is 24.5. The number of rotatable bonds is 8. The summed E-state index contributed by atoms with van der Waals surface area (Å²) in [5, 5.41) is 14.4. The van der Waals surface area contributed by atoms with Crippen molar-refractivity contribution in [1.29, 1.82) is 0 Å². The second kappa shape index (κ2) is 9.93. The van der Waals surface area contributed by atoms with Gasteiger partial charge in [0.2, 0.25) is 11.8 Å². The Hall–Kier alpha value is -3.33. The van der Waals surface area contributed by atoms with Gasteiger partial charge in [0.15, 0.2) is 5.16 Å². The van der Waals surface area contributed by atoms with Crippen LogP contribution in [0.3, 0.4) is 0 Å². The molecule has 0 spiro atoms. The predicted octanol–water partition coefficient (Wildman–Crippen LogP) is 3.04. The largest absolute Gasteiger partial charge is 0.497 e. The minimum Gasteiger partial charge on any atom is -0.497 e. The van der Waals surface area contributed by atoms with E-state index in [-0.39, 0.29) is 24.0 Å². The maximum atomic E-state index is 12.3. The molecule has 0 saturated carbocycles. The van der Waals surface area contributed by atoms with Crippen LogP contribution >= 0.6 is 11.8 Å². The van der Waals surface area contributed by atoms with E-state index in [0.29, 0.717) is 16.7 Å². The molecule has 2 N–H and O–H groups in total. The first-order valence-corrected chi connectivity index (χ1v) is 10.2. The summed E-state index contributed by atoms with van der Waals surface area (Å²) in [6.07, 6.45) is 0.0750. The van der Waals surface area contributed by atoms with Crippen molar-refractivity contribution >= 4 is 35.0 Å². The smallest absolute Gasteiger partial charge is 0.234 e. The fourth-order valence-corrected chi connectivity index (χ4v) is 3.43. The second-order valence-electron chi connectivity index (χ2n) is 6.62. The molecule has 3 aromatic rings. The van der Waals surface area contributed by atoms with Gasteiger partial charge in [0, 0.05) is 18.4 Å². The number of carbonyl (C=O) groups excluding carboxylic acids is 2. The van der Waals surface area contributed by atoms with Crippen molar-refractivity contribution in [2.45, 2.75) is 18.5 Å². The highest BCUT2D eigenvalue weighted by atomic mass is 32.2. The number of thioether (sulfide) groups is 1. The molecule has 0 aliphatic heterocycles. The van der Waals surface area contributed by atoms with Crippen molar-refractivity contribution < 1.29 is 14.3 Å². The molecule has 30 heavy (non-hydrogen) atoms. The molecule has 0 aliphatic rings. The molecule has 3 rings (SSSR count). The van der Waals surface area contributed by atoms with Gasteiger partial charge in [0.1, 0.15) is 11.6 Å². The summed E-state index contributed by atoms with van der Waals surface area (Å²) in [5.41, 5.74) is 2.51. The van der Waals surface area contributed by atoms with E-state index in [1.807, 2.05) is 31.2 Å². The van der Waals surface area contributed by atoms with Crippen LogP contribution in [-0.4, -0.2) is 39.4 Å². The number of aryl methyl sites for hydroxylation is 1. The third kappa shape index (κ3) is 5.84. The predicted molar refractivity (Wildman–Crippen MR) is 117 cm³/mol. The van der Waals surface area contributed by atoms with Crippen LogP contribution in [0.15, 0.2) is 53.7 Å². The number of amides is 2. The number of nitrogens with zero attached hydrogens (tertiary/aromatic N) is 3. The lowest BCUT2D eigenvalue weighted by Gasteiger charge is -2.07. The van der Waals surface area contributed by atoms with E-state index in [4.69, 9.17) is 4.74 Å². The molecule has 156 valence electrons. The van der Waals surface area contributed by atoms with E-state index in [0.717, 1.165) is 17.0 Å². The first kappa shape index (κ1) is 21.4. The van der Waals surface area contributed by atoms with Crippen LogP contribution in [0, 0.1) is 6.92 Å². The first-order chi connectivity index (χ1) is 14.4. The van der Waals surface area contributed by atoms with Gasteiger partial charge >= 0.3 is 0 Å². The van der Waals surface area contributed by atoms with Crippen LogP contribution in [0.25, 0.3) is 0 Å². The summed E-state index contributed by atoms with van der Waals surface area (Å²) in [7, 11) is 3.36. The number of hydrogen-bond donors (Lipinski definition) is 2. The van der Waals surface area contributed by atoms with Crippen molar-refractivity contribution in [1.82, 2.24) is 14.8 Å². The average molecular weight is 426 g/mol. The fourth-order valence-electron chi connectivity index (χ4n) is 2.70. The van der Waals surface area contributed by atoms with Crippen molar-refractivity contribution in [2.24, 2.45) is 7.05 Å². The maximum Gasteiger partial charge on any atom is 0.234 e. The summed E-state index contributed by atoms with van der Waals surface area (Å²) in [6.45, 7) is 1.97. The van der Waals surface area contributed by atoms with Crippen LogP contribution in [-0.2, 0) is 23.1 Å². The van der Waals surface area contributed by atoms with Crippen molar-refractivity contribution in [3.05, 3.63) is 59.9 Å². The van der Waals surface area contributed by atoms with Crippen LogP contribution in [0.4, 0.5) is 11.4 Å². The maximum absolute atomic E-state index is 12.3. The molecule has 2 amide bonds. The Bertz CT molecular complexity index is 1030. The number of hydrogen-bond acceptors (Lipinski definition) is 6. The highest BCUT2D eigenvalue weighted by molar-refractivity contribution is 7.99. The Morgan fingerprint density at radius 2 is 1.77 bits per heavy atom. The monoisotopic (exact) mass is 425 g/mol. The van der Waals surface area contributed by atoms with E-state index in [2.05, 4.69) is 20.8 Å². The minimum atomic E-state index is -0.204. The van der Waals surface area contributed by atoms with Gasteiger partial charge < -0.3 is 19.9 Å². The molecule has 0 unspecified atom stereocenters. The van der Waals surface area contributed by atoms with E-state index >= 15 is 0 Å². The van der Waals surface area contributed by atoms with Gasteiger partial charge in [-0.15, -0.1) is 10.2 Å². The molecule has 0 fully saturated rings. The van der Waals surface area contributed by atoms with Crippen LogP contribution in [0.1, 0.15) is 11.4 Å². The minimum absolute atomic E-state index is 0.0750.